The summed E-state index contributed by atoms with van der Waals surface area (Å²) < 4.78 is 18.2. The van der Waals surface area contributed by atoms with Crippen molar-refractivity contribution in [2.45, 2.75) is 38.9 Å². The number of nitriles is 1. The van der Waals surface area contributed by atoms with E-state index >= 15 is 0 Å². The molecule has 0 spiro atoms. The van der Waals surface area contributed by atoms with Gasteiger partial charge in [-0.2, -0.15) is 10.2 Å². The molecule has 1 atom stereocenters. The SMILES string of the molecule is CC#CCn1c(N2CCC[C@@H](N)C2)nc2c1c(=O)n(Cc1ccc(C#N)c(F)c1)c(=O)n2C. The van der Waals surface area contributed by atoms with Gasteiger partial charge in [-0.15, -0.1) is 5.92 Å². The quantitative estimate of drug-likeness (QED) is 0.592. The summed E-state index contributed by atoms with van der Waals surface area (Å²) in [7, 11) is 1.55. The van der Waals surface area contributed by atoms with Crippen molar-refractivity contribution in [3.63, 3.8) is 0 Å². The average Bonchev–Trinajstić information content (AvgIpc) is 3.19. The van der Waals surface area contributed by atoms with Crippen LogP contribution < -0.4 is 21.9 Å². The monoisotopic (exact) mass is 449 g/mol. The summed E-state index contributed by atoms with van der Waals surface area (Å²) in [6, 6.07) is 5.77. The molecular weight excluding hydrogens is 425 g/mol. The molecule has 3 heterocycles. The van der Waals surface area contributed by atoms with Gasteiger partial charge < -0.3 is 10.6 Å². The number of anilines is 1. The molecule has 1 saturated heterocycles. The Labute approximate surface area is 189 Å². The predicted molar refractivity (Wildman–Crippen MR) is 122 cm³/mol. The molecule has 9 nitrogen and oxygen atoms in total. The summed E-state index contributed by atoms with van der Waals surface area (Å²) in [5.74, 6) is 5.67. The summed E-state index contributed by atoms with van der Waals surface area (Å²) in [5, 5.41) is 8.94. The molecule has 10 heteroatoms. The molecule has 0 amide bonds. The predicted octanol–water partition coefficient (Wildman–Crippen LogP) is 0.907. The first-order chi connectivity index (χ1) is 15.8. The average molecular weight is 449 g/mol. The Morgan fingerprint density at radius 3 is 2.76 bits per heavy atom. The van der Waals surface area contributed by atoms with Crippen molar-refractivity contribution < 1.29 is 4.39 Å². The van der Waals surface area contributed by atoms with E-state index in [9.17, 15) is 14.0 Å². The second-order valence-electron chi connectivity index (χ2n) is 8.10. The van der Waals surface area contributed by atoms with Crippen LogP contribution in [-0.4, -0.2) is 37.8 Å². The zero-order valence-corrected chi connectivity index (χ0v) is 18.5. The fourth-order valence-corrected chi connectivity index (χ4v) is 4.17. The highest BCUT2D eigenvalue weighted by molar-refractivity contribution is 5.75. The van der Waals surface area contributed by atoms with Gasteiger partial charge in [0.15, 0.2) is 11.2 Å². The normalized spacial score (nSPS) is 15.8. The molecule has 1 aliphatic rings. The van der Waals surface area contributed by atoms with Gasteiger partial charge in [0.1, 0.15) is 11.9 Å². The molecule has 170 valence electrons. The van der Waals surface area contributed by atoms with Gasteiger partial charge in [0.2, 0.25) is 5.95 Å². The molecule has 0 unspecified atom stereocenters. The summed E-state index contributed by atoms with van der Waals surface area (Å²) in [4.78, 5) is 33.2. The van der Waals surface area contributed by atoms with E-state index in [-0.39, 0.29) is 35.9 Å². The number of piperidine rings is 1. The van der Waals surface area contributed by atoms with Crippen molar-refractivity contribution in [3.05, 3.63) is 56.0 Å². The van der Waals surface area contributed by atoms with E-state index in [1.54, 1.807) is 24.6 Å². The van der Waals surface area contributed by atoms with Gasteiger partial charge in [0.05, 0.1) is 18.7 Å². The standard InChI is InChI=1S/C23H24FN7O2/c1-3-4-10-30-19-20(27-22(30)29-9-5-6-17(26)14-29)28(2)23(33)31(21(19)32)13-15-7-8-16(12-25)18(24)11-15/h7-8,11,17H,5-6,9-10,13-14,26H2,1-2H3/t17-/m1/s1. The minimum atomic E-state index is -0.701. The van der Waals surface area contributed by atoms with Crippen LogP contribution in [0.15, 0.2) is 27.8 Å². The van der Waals surface area contributed by atoms with Crippen molar-refractivity contribution in [2.24, 2.45) is 12.8 Å². The number of hydrogen-bond acceptors (Lipinski definition) is 6. The van der Waals surface area contributed by atoms with Gasteiger partial charge in [0, 0.05) is 26.2 Å². The molecule has 1 aromatic carbocycles. The number of rotatable bonds is 4. The number of nitrogens with two attached hydrogens (primary N) is 1. The highest BCUT2D eigenvalue weighted by atomic mass is 19.1. The highest BCUT2D eigenvalue weighted by Gasteiger charge is 2.26. The van der Waals surface area contributed by atoms with E-state index in [1.165, 1.54) is 16.7 Å². The first-order valence-corrected chi connectivity index (χ1v) is 10.6. The summed E-state index contributed by atoms with van der Waals surface area (Å²) in [6.07, 6.45) is 1.81. The van der Waals surface area contributed by atoms with Gasteiger partial charge in [-0.05, 0) is 37.5 Å². The van der Waals surface area contributed by atoms with Crippen LogP contribution in [0.2, 0.25) is 0 Å². The van der Waals surface area contributed by atoms with Crippen LogP contribution in [0.1, 0.15) is 30.9 Å². The second-order valence-corrected chi connectivity index (χ2v) is 8.10. The number of fused-ring (bicyclic) bond motifs is 1. The first kappa shape index (κ1) is 22.3. The second kappa shape index (κ2) is 8.93. The van der Waals surface area contributed by atoms with Crippen molar-refractivity contribution in [1.82, 2.24) is 18.7 Å². The van der Waals surface area contributed by atoms with E-state index in [1.807, 2.05) is 4.90 Å². The number of halogens is 1. The Morgan fingerprint density at radius 2 is 2.09 bits per heavy atom. The number of imidazole rings is 1. The minimum absolute atomic E-state index is 0.00368. The van der Waals surface area contributed by atoms with E-state index < -0.39 is 17.1 Å². The third-order valence-electron chi connectivity index (χ3n) is 5.86. The van der Waals surface area contributed by atoms with Crippen molar-refractivity contribution in [3.8, 4) is 17.9 Å². The fourth-order valence-electron chi connectivity index (χ4n) is 4.17. The Hall–Kier alpha value is -3.89. The molecular formula is C23H24FN7O2. The first-order valence-electron chi connectivity index (χ1n) is 10.6. The van der Waals surface area contributed by atoms with Crippen LogP contribution in [0.3, 0.4) is 0 Å². The van der Waals surface area contributed by atoms with Crippen LogP contribution in [0.4, 0.5) is 10.3 Å². The Bertz CT molecular complexity index is 1450. The van der Waals surface area contributed by atoms with Gasteiger partial charge in [-0.25, -0.2) is 9.18 Å². The van der Waals surface area contributed by atoms with E-state index in [2.05, 4.69) is 16.8 Å². The van der Waals surface area contributed by atoms with E-state index in [4.69, 9.17) is 11.0 Å². The molecule has 1 aliphatic heterocycles. The molecule has 1 fully saturated rings. The van der Waals surface area contributed by atoms with Gasteiger partial charge in [-0.3, -0.25) is 18.5 Å². The van der Waals surface area contributed by atoms with Crippen molar-refractivity contribution in [1.29, 1.82) is 5.26 Å². The number of aryl methyl sites for hydroxylation is 1. The largest absolute Gasteiger partial charge is 0.341 e. The number of aromatic nitrogens is 4. The molecule has 0 radical (unpaired) electrons. The Balaban J connectivity index is 1.90. The Kier molecular flexibility index (Phi) is 6.03. The number of nitrogens with zero attached hydrogens (tertiary/aromatic N) is 6. The maximum atomic E-state index is 14.1. The van der Waals surface area contributed by atoms with Gasteiger partial charge in [0.25, 0.3) is 5.56 Å². The topological polar surface area (TPSA) is 115 Å². The smallest absolute Gasteiger partial charge is 0.332 e. The molecule has 0 saturated carbocycles. The summed E-state index contributed by atoms with van der Waals surface area (Å²) >= 11 is 0. The molecule has 0 aliphatic carbocycles. The van der Waals surface area contributed by atoms with Crippen molar-refractivity contribution in [2.75, 3.05) is 18.0 Å². The zero-order valence-electron chi connectivity index (χ0n) is 18.5. The third-order valence-corrected chi connectivity index (χ3v) is 5.86. The van der Waals surface area contributed by atoms with Crippen molar-refractivity contribution >= 4 is 17.1 Å². The summed E-state index contributed by atoms with van der Waals surface area (Å²) in [6.45, 7) is 3.13. The zero-order chi connectivity index (χ0) is 23.7. The lowest BCUT2D eigenvalue weighted by Crippen LogP contribution is -2.44. The fraction of sp³-hybridized carbons (Fsp3) is 0.391. The van der Waals surface area contributed by atoms with Crippen LogP contribution >= 0.6 is 0 Å². The Morgan fingerprint density at radius 1 is 1.30 bits per heavy atom. The van der Waals surface area contributed by atoms with Gasteiger partial charge >= 0.3 is 5.69 Å². The lowest BCUT2D eigenvalue weighted by Gasteiger charge is -2.31. The van der Waals surface area contributed by atoms with Crippen LogP contribution in [0.25, 0.3) is 11.2 Å². The molecule has 3 aromatic rings. The number of hydrogen-bond donors (Lipinski definition) is 1. The summed E-state index contributed by atoms with van der Waals surface area (Å²) in [5.41, 5.74) is 5.87. The van der Waals surface area contributed by atoms with Crippen LogP contribution in [0, 0.1) is 29.0 Å². The lowest BCUT2D eigenvalue weighted by atomic mass is 10.1. The molecule has 2 aromatic heterocycles. The highest BCUT2D eigenvalue weighted by Crippen LogP contribution is 2.23. The molecule has 33 heavy (non-hydrogen) atoms. The molecule has 0 bridgehead atoms. The van der Waals surface area contributed by atoms with Crippen LogP contribution in [0.5, 0.6) is 0 Å². The molecule has 2 N–H and O–H groups in total. The maximum Gasteiger partial charge on any atom is 0.332 e. The molecule has 4 rings (SSSR count). The van der Waals surface area contributed by atoms with Crippen LogP contribution in [-0.2, 0) is 20.1 Å². The van der Waals surface area contributed by atoms with Gasteiger partial charge in [-0.1, -0.05) is 12.0 Å². The van der Waals surface area contributed by atoms with E-state index in [0.717, 1.165) is 30.0 Å². The maximum absolute atomic E-state index is 14.1. The van der Waals surface area contributed by atoms with E-state index in [0.29, 0.717) is 18.1 Å². The number of benzene rings is 1. The third kappa shape index (κ3) is 4.01. The minimum Gasteiger partial charge on any atom is -0.341 e. The lowest BCUT2D eigenvalue weighted by molar-refractivity contribution is 0.496.